The van der Waals surface area contributed by atoms with Crippen LogP contribution in [0.5, 0.6) is 0 Å². The van der Waals surface area contributed by atoms with Crippen molar-refractivity contribution in [3.05, 3.63) is 33.8 Å². The molecule has 0 heterocycles. The molecule has 7 heteroatoms. The van der Waals surface area contributed by atoms with Crippen molar-refractivity contribution in [2.75, 3.05) is 0 Å². The Balaban J connectivity index is 2.20. The summed E-state index contributed by atoms with van der Waals surface area (Å²) in [6.45, 7) is 0.236. The monoisotopic (exact) mass is 294 g/mol. The molecular formula is C10H12Cl2N2O2S. The molecule has 0 atom stereocenters. The topological polar surface area (TPSA) is 63.4 Å². The molecule has 0 saturated heterocycles. The predicted octanol–water partition coefficient (Wildman–Crippen LogP) is 2.16. The molecule has 2 rings (SSSR count). The number of nitrogens with two attached hydrogens (primary N) is 1. The van der Waals surface area contributed by atoms with Crippen molar-refractivity contribution in [2.24, 2.45) is 5.14 Å². The van der Waals surface area contributed by atoms with Gasteiger partial charge >= 0.3 is 0 Å². The summed E-state index contributed by atoms with van der Waals surface area (Å²) >= 11 is 11.7. The third kappa shape index (κ3) is 3.33. The molecular weight excluding hydrogens is 283 g/mol. The van der Waals surface area contributed by atoms with Crippen LogP contribution in [0.15, 0.2) is 18.2 Å². The van der Waals surface area contributed by atoms with Gasteiger partial charge in [0.15, 0.2) is 0 Å². The van der Waals surface area contributed by atoms with Crippen LogP contribution in [-0.4, -0.2) is 18.8 Å². The molecule has 2 N–H and O–H groups in total. The lowest BCUT2D eigenvalue weighted by Crippen LogP contribution is -2.37. The molecule has 0 radical (unpaired) electrons. The Hall–Kier alpha value is -0.330. The van der Waals surface area contributed by atoms with E-state index in [9.17, 15) is 8.42 Å². The summed E-state index contributed by atoms with van der Waals surface area (Å²) in [5.74, 6) is 0. The minimum atomic E-state index is -3.67. The Labute approximate surface area is 110 Å². The maximum Gasteiger partial charge on any atom is 0.277 e. The summed E-state index contributed by atoms with van der Waals surface area (Å²) in [5.41, 5.74) is 0.778. The van der Waals surface area contributed by atoms with Crippen molar-refractivity contribution >= 4 is 33.4 Å². The van der Waals surface area contributed by atoms with E-state index in [1.54, 1.807) is 18.2 Å². The summed E-state index contributed by atoms with van der Waals surface area (Å²) < 4.78 is 24.1. The minimum absolute atomic E-state index is 0.0273. The lowest BCUT2D eigenvalue weighted by Gasteiger charge is -2.19. The first kappa shape index (κ1) is 13.1. The van der Waals surface area contributed by atoms with E-state index in [0.717, 1.165) is 18.4 Å². The van der Waals surface area contributed by atoms with Gasteiger partial charge in [-0.3, -0.25) is 0 Å². The van der Waals surface area contributed by atoms with Gasteiger partial charge in [0.05, 0.1) is 10.0 Å². The summed E-state index contributed by atoms with van der Waals surface area (Å²) in [6.07, 6.45) is 1.72. The second-order valence-corrected chi connectivity index (χ2v) is 6.38. The van der Waals surface area contributed by atoms with Crippen LogP contribution in [0.25, 0.3) is 0 Å². The van der Waals surface area contributed by atoms with Gasteiger partial charge in [0, 0.05) is 12.6 Å². The minimum Gasteiger partial charge on any atom is -0.216 e. The van der Waals surface area contributed by atoms with E-state index in [1.165, 1.54) is 4.31 Å². The Morgan fingerprint density at radius 3 is 2.41 bits per heavy atom. The van der Waals surface area contributed by atoms with Crippen molar-refractivity contribution in [2.45, 2.75) is 25.4 Å². The quantitative estimate of drug-likeness (QED) is 0.925. The van der Waals surface area contributed by atoms with Crippen LogP contribution >= 0.6 is 23.2 Å². The molecule has 0 aliphatic heterocycles. The van der Waals surface area contributed by atoms with E-state index in [2.05, 4.69) is 0 Å². The van der Waals surface area contributed by atoms with E-state index in [1.807, 2.05) is 0 Å². The third-order valence-corrected chi connectivity index (χ3v) is 4.42. The van der Waals surface area contributed by atoms with E-state index in [0.29, 0.717) is 10.0 Å². The number of hydrogen-bond acceptors (Lipinski definition) is 2. The number of halogens is 2. The Bertz CT molecular complexity index is 529. The van der Waals surface area contributed by atoms with Gasteiger partial charge in [0.1, 0.15) is 0 Å². The zero-order valence-corrected chi connectivity index (χ0v) is 11.3. The molecule has 0 amide bonds. The smallest absolute Gasteiger partial charge is 0.216 e. The fraction of sp³-hybridized carbons (Fsp3) is 0.400. The maximum absolute atomic E-state index is 11.4. The lowest BCUT2D eigenvalue weighted by molar-refractivity contribution is 0.399. The average Bonchev–Trinajstić information content (AvgIpc) is 3.01. The van der Waals surface area contributed by atoms with Crippen molar-refractivity contribution in [3.8, 4) is 0 Å². The average molecular weight is 295 g/mol. The highest BCUT2D eigenvalue weighted by Gasteiger charge is 2.35. The maximum atomic E-state index is 11.4. The fourth-order valence-corrected chi connectivity index (χ4v) is 2.88. The highest BCUT2D eigenvalue weighted by atomic mass is 35.5. The molecule has 1 saturated carbocycles. The van der Waals surface area contributed by atoms with Gasteiger partial charge in [-0.25, -0.2) is 5.14 Å². The van der Waals surface area contributed by atoms with Crippen LogP contribution in [0, 0.1) is 0 Å². The van der Waals surface area contributed by atoms with Gasteiger partial charge < -0.3 is 0 Å². The van der Waals surface area contributed by atoms with Crippen LogP contribution in [-0.2, 0) is 16.8 Å². The second kappa shape index (κ2) is 4.74. The predicted molar refractivity (Wildman–Crippen MR) is 68.1 cm³/mol. The van der Waals surface area contributed by atoms with Crippen molar-refractivity contribution < 1.29 is 8.42 Å². The van der Waals surface area contributed by atoms with Crippen LogP contribution in [0.4, 0.5) is 0 Å². The van der Waals surface area contributed by atoms with Gasteiger partial charge in [-0.05, 0) is 30.5 Å². The van der Waals surface area contributed by atoms with Crippen LogP contribution in [0.3, 0.4) is 0 Å². The normalized spacial score (nSPS) is 16.5. The largest absolute Gasteiger partial charge is 0.277 e. The van der Waals surface area contributed by atoms with Gasteiger partial charge in [-0.1, -0.05) is 29.3 Å². The number of nitrogens with zero attached hydrogens (tertiary/aromatic N) is 1. The van der Waals surface area contributed by atoms with Gasteiger partial charge in [-0.2, -0.15) is 12.7 Å². The zero-order chi connectivity index (χ0) is 12.6. The van der Waals surface area contributed by atoms with Crippen molar-refractivity contribution in [3.63, 3.8) is 0 Å². The molecule has 0 aromatic heterocycles. The zero-order valence-electron chi connectivity index (χ0n) is 8.94. The highest BCUT2D eigenvalue weighted by Crippen LogP contribution is 2.31. The van der Waals surface area contributed by atoms with Gasteiger partial charge in [-0.15, -0.1) is 0 Å². The van der Waals surface area contributed by atoms with Crippen LogP contribution in [0.1, 0.15) is 18.4 Å². The summed E-state index contributed by atoms with van der Waals surface area (Å²) in [7, 11) is -3.67. The molecule has 0 spiro atoms. The fourth-order valence-electron chi connectivity index (χ4n) is 1.61. The standard InChI is InChI=1S/C10H12Cl2N2O2S/c11-9-4-1-7(5-10(9)12)6-14(8-2-3-8)17(13,15)16/h1,4-5,8H,2-3,6H2,(H2,13,15,16). The van der Waals surface area contributed by atoms with E-state index in [-0.39, 0.29) is 12.6 Å². The number of rotatable bonds is 4. The molecule has 1 fully saturated rings. The molecule has 0 bridgehead atoms. The number of benzene rings is 1. The number of hydrogen-bond donors (Lipinski definition) is 1. The van der Waals surface area contributed by atoms with E-state index in [4.69, 9.17) is 28.3 Å². The lowest BCUT2D eigenvalue weighted by atomic mass is 10.2. The van der Waals surface area contributed by atoms with Gasteiger partial charge in [0.2, 0.25) is 0 Å². The molecule has 94 valence electrons. The van der Waals surface area contributed by atoms with Crippen LogP contribution < -0.4 is 5.14 Å². The summed E-state index contributed by atoms with van der Waals surface area (Å²) in [4.78, 5) is 0. The van der Waals surface area contributed by atoms with Crippen molar-refractivity contribution in [1.82, 2.24) is 4.31 Å². The molecule has 1 aliphatic carbocycles. The summed E-state index contributed by atoms with van der Waals surface area (Å²) in [5, 5.41) is 6.04. The molecule has 0 unspecified atom stereocenters. The van der Waals surface area contributed by atoms with E-state index >= 15 is 0 Å². The van der Waals surface area contributed by atoms with Crippen molar-refractivity contribution in [1.29, 1.82) is 0 Å². The molecule has 1 aromatic carbocycles. The highest BCUT2D eigenvalue weighted by molar-refractivity contribution is 7.86. The molecule has 1 aliphatic rings. The first-order valence-electron chi connectivity index (χ1n) is 5.11. The first-order valence-corrected chi connectivity index (χ1v) is 7.37. The molecule has 1 aromatic rings. The first-order chi connectivity index (χ1) is 7.88. The van der Waals surface area contributed by atoms with E-state index < -0.39 is 10.2 Å². The molecule has 17 heavy (non-hydrogen) atoms. The Morgan fingerprint density at radius 1 is 1.29 bits per heavy atom. The van der Waals surface area contributed by atoms with Gasteiger partial charge in [0.25, 0.3) is 10.2 Å². The molecule has 4 nitrogen and oxygen atoms in total. The Kier molecular flexibility index (Phi) is 3.66. The summed E-state index contributed by atoms with van der Waals surface area (Å²) in [6, 6.07) is 5.08. The Morgan fingerprint density at radius 2 is 1.94 bits per heavy atom. The third-order valence-electron chi connectivity index (χ3n) is 2.60. The SMILES string of the molecule is NS(=O)(=O)N(Cc1ccc(Cl)c(Cl)c1)C1CC1. The van der Waals surface area contributed by atoms with Crippen LogP contribution in [0.2, 0.25) is 10.0 Å². The second-order valence-electron chi connectivity index (χ2n) is 4.07.